The number of rotatable bonds is 5. The van der Waals surface area contributed by atoms with Crippen molar-refractivity contribution < 1.29 is 27.4 Å². The van der Waals surface area contributed by atoms with E-state index in [9.17, 15) is 17.6 Å². The summed E-state index contributed by atoms with van der Waals surface area (Å²) in [5.74, 6) is -2.32. The molecule has 0 heterocycles. The highest BCUT2D eigenvalue weighted by atomic mass is 35.5. The van der Waals surface area contributed by atoms with Gasteiger partial charge in [0.05, 0.1) is 4.90 Å². The van der Waals surface area contributed by atoms with E-state index >= 15 is 0 Å². The van der Waals surface area contributed by atoms with Gasteiger partial charge in [0.1, 0.15) is 0 Å². The first-order chi connectivity index (χ1) is 11.1. The standard InChI is InChI=1S/C16H14ClFO5S/c1-9(16(19)20)23-15-13(7-11(17)8-14(15)18)10-3-5-12(6-4-10)24(2,21)22/h3-9H,1-2H3,(H,19,20)/t9-/m0/s1. The zero-order valence-electron chi connectivity index (χ0n) is 12.8. The Balaban J connectivity index is 2.54. The zero-order valence-corrected chi connectivity index (χ0v) is 14.4. The largest absolute Gasteiger partial charge is 0.479 e. The molecule has 2 aromatic carbocycles. The number of sulfone groups is 1. The smallest absolute Gasteiger partial charge is 0.344 e. The molecule has 0 aliphatic heterocycles. The molecule has 0 spiro atoms. The molecule has 128 valence electrons. The van der Waals surface area contributed by atoms with Crippen molar-refractivity contribution in [3.63, 3.8) is 0 Å². The molecule has 0 saturated carbocycles. The third kappa shape index (κ3) is 4.04. The summed E-state index contributed by atoms with van der Waals surface area (Å²) < 4.78 is 42.4. The molecule has 5 nitrogen and oxygen atoms in total. The van der Waals surface area contributed by atoms with Crippen molar-refractivity contribution in [3.05, 3.63) is 47.2 Å². The molecule has 0 bridgehead atoms. The molecule has 0 aromatic heterocycles. The van der Waals surface area contributed by atoms with Crippen LogP contribution in [0.25, 0.3) is 11.1 Å². The van der Waals surface area contributed by atoms with Gasteiger partial charge in [0.25, 0.3) is 0 Å². The van der Waals surface area contributed by atoms with E-state index in [1.165, 1.54) is 37.3 Å². The predicted octanol–water partition coefficient (Wildman–Crippen LogP) is 3.40. The number of carboxylic acid groups (broad SMARTS) is 1. The number of benzene rings is 2. The van der Waals surface area contributed by atoms with Crippen LogP contribution in [0.3, 0.4) is 0 Å². The molecule has 2 aromatic rings. The van der Waals surface area contributed by atoms with E-state index in [1.807, 2.05) is 0 Å². The summed E-state index contributed by atoms with van der Waals surface area (Å²) in [6.07, 6.45) is -0.195. The maximum absolute atomic E-state index is 14.2. The van der Waals surface area contributed by atoms with Gasteiger partial charge in [0.2, 0.25) is 0 Å². The van der Waals surface area contributed by atoms with Crippen molar-refractivity contribution in [1.82, 2.24) is 0 Å². The van der Waals surface area contributed by atoms with Gasteiger partial charge < -0.3 is 9.84 Å². The van der Waals surface area contributed by atoms with Gasteiger partial charge in [0, 0.05) is 16.8 Å². The number of ether oxygens (including phenoxy) is 1. The van der Waals surface area contributed by atoms with Gasteiger partial charge in [-0.15, -0.1) is 0 Å². The topological polar surface area (TPSA) is 80.7 Å². The fourth-order valence-electron chi connectivity index (χ4n) is 2.00. The molecule has 0 saturated heterocycles. The third-order valence-electron chi connectivity index (χ3n) is 3.24. The van der Waals surface area contributed by atoms with Crippen LogP contribution in [-0.2, 0) is 14.6 Å². The molecule has 0 amide bonds. The average molecular weight is 373 g/mol. The Kier molecular flexibility index (Phi) is 5.15. The number of halogens is 2. The highest BCUT2D eigenvalue weighted by Gasteiger charge is 2.20. The Morgan fingerprint density at radius 3 is 2.33 bits per heavy atom. The van der Waals surface area contributed by atoms with Crippen LogP contribution in [0.1, 0.15) is 6.92 Å². The lowest BCUT2D eigenvalue weighted by atomic mass is 10.0. The lowest BCUT2D eigenvalue weighted by molar-refractivity contribution is -0.144. The first kappa shape index (κ1) is 18.2. The van der Waals surface area contributed by atoms with E-state index in [1.54, 1.807) is 0 Å². The zero-order chi connectivity index (χ0) is 18.1. The van der Waals surface area contributed by atoms with Crippen LogP contribution >= 0.6 is 11.6 Å². The minimum absolute atomic E-state index is 0.102. The molecular weight excluding hydrogens is 359 g/mol. The Morgan fingerprint density at radius 1 is 1.25 bits per heavy atom. The van der Waals surface area contributed by atoms with Crippen LogP contribution in [0.2, 0.25) is 5.02 Å². The molecule has 0 fully saturated rings. The van der Waals surface area contributed by atoms with Gasteiger partial charge in [-0.3, -0.25) is 0 Å². The molecule has 0 radical (unpaired) electrons. The van der Waals surface area contributed by atoms with Gasteiger partial charge in [-0.25, -0.2) is 17.6 Å². The number of hydrogen-bond acceptors (Lipinski definition) is 4. The van der Waals surface area contributed by atoms with Crippen molar-refractivity contribution in [1.29, 1.82) is 0 Å². The van der Waals surface area contributed by atoms with E-state index in [0.29, 0.717) is 5.56 Å². The van der Waals surface area contributed by atoms with Crippen molar-refractivity contribution in [3.8, 4) is 16.9 Å². The molecule has 0 aliphatic rings. The number of aliphatic carboxylic acids is 1. The van der Waals surface area contributed by atoms with Gasteiger partial charge >= 0.3 is 5.97 Å². The molecular formula is C16H14ClFO5S. The molecule has 24 heavy (non-hydrogen) atoms. The molecule has 1 N–H and O–H groups in total. The lowest BCUT2D eigenvalue weighted by Crippen LogP contribution is -2.23. The van der Waals surface area contributed by atoms with Crippen LogP contribution < -0.4 is 4.74 Å². The highest BCUT2D eigenvalue weighted by molar-refractivity contribution is 7.90. The van der Waals surface area contributed by atoms with E-state index in [4.69, 9.17) is 21.4 Å². The predicted molar refractivity (Wildman–Crippen MR) is 87.7 cm³/mol. The lowest BCUT2D eigenvalue weighted by Gasteiger charge is -2.16. The summed E-state index contributed by atoms with van der Waals surface area (Å²) in [5.41, 5.74) is 0.671. The molecule has 1 atom stereocenters. The summed E-state index contributed by atoms with van der Waals surface area (Å²) in [6, 6.07) is 8.12. The van der Waals surface area contributed by atoms with Gasteiger partial charge in [0.15, 0.2) is 27.5 Å². The normalized spacial score (nSPS) is 12.7. The molecule has 0 aliphatic carbocycles. The molecule has 2 rings (SSSR count). The first-order valence-corrected chi connectivity index (χ1v) is 9.05. The summed E-state index contributed by atoms with van der Waals surface area (Å²) in [7, 11) is -3.37. The van der Waals surface area contributed by atoms with E-state index in [-0.39, 0.29) is 21.2 Å². The van der Waals surface area contributed by atoms with Crippen molar-refractivity contribution in [2.75, 3.05) is 6.26 Å². The van der Waals surface area contributed by atoms with Gasteiger partial charge in [-0.1, -0.05) is 23.7 Å². The number of carbonyl (C=O) groups is 1. The van der Waals surface area contributed by atoms with Crippen LogP contribution in [0.5, 0.6) is 5.75 Å². The molecule has 8 heteroatoms. The molecule has 0 unspecified atom stereocenters. The van der Waals surface area contributed by atoms with Gasteiger partial charge in [-0.05, 0) is 36.8 Å². The minimum atomic E-state index is -3.37. The fourth-order valence-corrected chi connectivity index (χ4v) is 2.84. The SMILES string of the molecule is C[C@H](Oc1c(F)cc(Cl)cc1-c1ccc(S(C)(=O)=O)cc1)C(=O)O. The van der Waals surface area contributed by atoms with Crippen molar-refractivity contribution >= 4 is 27.4 Å². The quantitative estimate of drug-likeness (QED) is 0.870. The van der Waals surface area contributed by atoms with Crippen LogP contribution in [-0.4, -0.2) is 31.9 Å². The Bertz CT molecular complexity index is 878. The Labute approximate surface area is 143 Å². The third-order valence-corrected chi connectivity index (χ3v) is 4.59. The summed E-state index contributed by atoms with van der Waals surface area (Å²) in [4.78, 5) is 11.1. The summed E-state index contributed by atoms with van der Waals surface area (Å²) in [5, 5.41) is 9.04. The van der Waals surface area contributed by atoms with E-state index in [0.717, 1.165) is 12.3 Å². The van der Waals surface area contributed by atoms with E-state index in [2.05, 4.69) is 0 Å². The number of hydrogen-bond donors (Lipinski definition) is 1. The second kappa shape index (κ2) is 6.78. The fraction of sp³-hybridized carbons (Fsp3) is 0.188. The summed E-state index contributed by atoms with van der Waals surface area (Å²) in [6.45, 7) is 1.27. The Morgan fingerprint density at radius 2 is 1.83 bits per heavy atom. The second-order valence-corrected chi connectivity index (χ2v) is 7.61. The maximum atomic E-state index is 14.2. The Hall–Kier alpha value is -2.12. The van der Waals surface area contributed by atoms with Crippen LogP contribution in [0, 0.1) is 5.82 Å². The monoisotopic (exact) mass is 372 g/mol. The first-order valence-electron chi connectivity index (χ1n) is 6.78. The average Bonchev–Trinajstić information content (AvgIpc) is 2.48. The van der Waals surface area contributed by atoms with E-state index < -0.39 is 27.7 Å². The maximum Gasteiger partial charge on any atom is 0.344 e. The highest BCUT2D eigenvalue weighted by Crippen LogP contribution is 2.36. The van der Waals surface area contributed by atoms with Crippen molar-refractivity contribution in [2.45, 2.75) is 17.9 Å². The minimum Gasteiger partial charge on any atom is -0.479 e. The second-order valence-electron chi connectivity index (χ2n) is 5.16. The summed E-state index contributed by atoms with van der Waals surface area (Å²) >= 11 is 5.87. The number of carboxylic acids is 1. The van der Waals surface area contributed by atoms with Gasteiger partial charge in [-0.2, -0.15) is 0 Å². The van der Waals surface area contributed by atoms with Crippen molar-refractivity contribution in [2.24, 2.45) is 0 Å². The van der Waals surface area contributed by atoms with Crippen LogP contribution in [0.4, 0.5) is 4.39 Å². The van der Waals surface area contributed by atoms with Crippen LogP contribution in [0.15, 0.2) is 41.3 Å².